The van der Waals surface area contributed by atoms with E-state index in [-0.39, 0.29) is 18.1 Å². The third kappa shape index (κ3) is 4.74. The summed E-state index contributed by atoms with van der Waals surface area (Å²) in [6.07, 6.45) is 0.0380. The minimum Gasteiger partial charge on any atom is -0.493 e. The van der Waals surface area contributed by atoms with Crippen LogP contribution in [0.25, 0.3) is 0 Å². The normalized spacial score (nSPS) is 11.9. The lowest BCUT2D eigenvalue weighted by atomic mass is 10.1. The monoisotopic (exact) mass is 391 g/mol. The number of hydrogen-bond donors (Lipinski definition) is 1. The topological polar surface area (TPSA) is 47.6 Å². The summed E-state index contributed by atoms with van der Waals surface area (Å²) in [5, 5.41) is 2.99. The molecule has 0 aliphatic heterocycles. The predicted octanol–water partition coefficient (Wildman–Crippen LogP) is 4.74. The largest absolute Gasteiger partial charge is 0.493 e. The lowest BCUT2D eigenvalue weighted by Crippen LogP contribution is -2.26. The fourth-order valence-electron chi connectivity index (χ4n) is 2.27. The Bertz CT molecular complexity index is 698. The van der Waals surface area contributed by atoms with Gasteiger partial charge in [-0.1, -0.05) is 28.1 Å². The quantitative estimate of drug-likeness (QED) is 0.773. The average Bonchev–Trinajstić information content (AvgIpc) is 2.55. The molecule has 0 spiro atoms. The molecule has 0 fully saturated rings. The fourth-order valence-corrected chi connectivity index (χ4v) is 2.54. The molecule has 0 heterocycles. The van der Waals surface area contributed by atoms with E-state index in [1.54, 1.807) is 25.3 Å². The molecule has 1 atom stereocenters. The second-order valence-corrected chi connectivity index (χ2v) is 6.69. The Balaban J connectivity index is 2.12. The van der Waals surface area contributed by atoms with Gasteiger partial charge in [0.1, 0.15) is 0 Å². The third-order valence-corrected chi connectivity index (χ3v) is 4.03. The van der Waals surface area contributed by atoms with Crippen molar-refractivity contribution in [3.8, 4) is 11.5 Å². The molecule has 0 aromatic heterocycles. The van der Waals surface area contributed by atoms with Gasteiger partial charge in [0.15, 0.2) is 11.5 Å². The fraction of sp³-hybridized carbons (Fsp3) is 0.316. The molecular formula is C19H22BrNO3. The smallest absolute Gasteiger partial charge is 0.251 e. The summed E-state index contributed by atoms with van der Waals surface area (Å²) in [6, 6.07) is 13.0. The van der Waals surface area contributed by atoms with Crippen LogP contribution in [0.2, 0.25) is 0 Å². The number of amides is 1. The highest BCUT2D eigenvalue weighted by Gasteiger charge is 2.15. The highest BCUT2D eigenvalue weighted by atomic mass is 79.9. The van der Waals surface area contributed by atoms with E-state index >= 15 is 0 Å². The summed E-state index contributed by atoms with van der Waals surface area (Å²) < 4.78 is 12.0. The van der Waals surface area contributed by atoms with Crippen molar-refractivity contribution in [1.82, 2.24) is 5.32 Å². The molecule has 0 bridgehead atoms. The second-order valence-electron chi connectivity index (χ2n) is 5.78. The molecule has 128 valence electrons. The minimum atomic E-state index is -0.153. The van der Waals surface area contributed by atoms with Crippen LogP contribution in [0.4, 0.5) is 0 Å². The summed E-state index contributed by atoms with van der Waals surface area (Å²) in [7, 11) is 1.56. The maximum absolute atomic E-state index is 12.5. The van der Waals surface area contributed by atoms with Crippen LogP contribution in [0, 0.1) is 0 Å². The number of carbonyl (C=O) groups is 1. The van der Waals surface area contributed by atoms with E-state index in [0.29, 0.717) is 17.1 Å². The van der Waals surface area contributed by atoms with E-state index in [2.05, 4.69) is 21.2 Å². The molecule has 0 unspecified atom stereocenters. The molecule has 0 aliphatic carbocycles. The number of methoxy groups -OCH3 is 1. The van der Waals surface area contributed by atoms with E-state index in [1.807, 2.05) is 45.0 Å². The summed E-state index contributed by atoms with van der Waals surface area (Å²) in [5.41, 5.74) is 1.57. The lowest BCUT2D eigenvalue weighted by Gasteiger charge is -2.17. The molecular weight excluding hydrogens is 370 g/mol. The molecule has 0 saturated carbocycles. The van der Waals surface area contributed by atoms with Gasteiger partial charge in [0.25, 0.3) is 5.91 Å². The molecule has 2 aromatic carbocycles. The first kappa shape index (κ1) is 18.3. The van der Waals surface area contributed by atoms with Crippen molar-refractivity contribution in [2.24, 2.45) is 0 Å². The molecule has 4 nitrogen and oxygen atoms in total. The Labute approximate surface area is 151 Å². The van der Waals surface area contributed by atoms with Crippen LogP contribution in [0.15, 0.2) is 46.9 Å². The number of benzene rings is 2. The van der Waals surface area contributed by atoms with E-state index in [4.69, 9.17) is 9.47 Å². The zero-order valence-corrected chi connectivity index (χ0v) is 15.9. The van der Waals surface area contributed by atoms with Crippen LogP contribution < -0.4 is 14.8 Å². The van der Waals surface area contributed by atoms with Gasteiger partial charge in [-0.3, -0.25) is 4.79 Å². The van der Waals surface area contributed by atoms with Crippen molar-refractivity contribution in [2.45, 2.75) is 32.9 Å². The molecule has 0 radical (unpaired) electrons. The summed E-state index contributed by atoms with van der Waals surface area (Å²) >= 11 is 3.41. The van der Waals surface area contributed by atoms with Crippen LogP contribution in [0.5, 0.6) is 11.5 Å². The van der Waals surface area contributed by atoms with Gasteiger partial charge in [0, 0.05) is 10.0 Å². The van der Waals surface area contributed by atoms with Gasteiger partial charge < -0.3 is 14.8 Å². The SMILES string of the molecule is COc1cc(C(=O)N[C@H](C)c2ccc(Br)cc2)ccc1OC(C)C. The number of nitrogens with one attached hydrogen (secondary N) is 1. The van der Waals surface area contributed by atoms with E-state index < -0.39 is 0 Å². The maximum Gasteiger partial charge on any atom is 0.251 e. The van der Waals surface area contributed by atoms with Crippen LogP contribution >= 0.6 is 15.9 Å². The summed E-state index contributed by atoms with van der Waals surface area (Å²) in [6.45, 7) is 5.84. The van der Waals surface area contributed by atoms with Crippen molar-refractivity contribution in [2.75, 3.05) is 7.11 Å². The van der Waals surface area contributed by atoms with Gasteiger partial charge >= 0.3 is 0 Å². The molecule has 0 saturated heterocycles. The van der Waals surface area contributed by atoms with Crippen LogP contribution in [-0.2, 0) is 0 Å². The molecule has 24 heavy (non-hydrogen) atoms. The lowest BCUT2D eigenvalue weighted by molar-refractivity contribution is 0.0939. The first-order chi connectivity index (χ1) is 11.4. The third-order valence-electron chi connectivity index (χ3n) is 3.51. The van der Waals surface area contributed by atoms with Gasteiger partial charge in [-0.15, -0.1) is 0 Å². The first-order valence-electron chi connectivity index (χ1n) is 7.81. The molecule has 5 heteroatoms. The Kier molecular flexibility index (Phi) is 6.26. The van der Waals surface area contributed by atoms with Crippen molar-refractivity contribution < 1.29 is 14.3 Å². The van der Waals surface area contributed by atoms with Gasteiger partial charge in [0.05, 0.1) is 19.3 Å². The second kappa shape index (κ2) is 8.20. The van der Waals surface area contributed by atoms with Gasteiger partial charge in [-0.25, -0.2) is 0 Å². The summed E-state index contributed by atoms with van der Waals surface area (Å²) in [5.74, 6) is 1.03. The zero-order chi connectivity index (χ0) is 17.7. The van der Waals surface area contributed by atoms with Crippen molar-refractivity contribution in [3.63, 3.8) is 0 Å². The van der Waals surface area contributed by atoms with E-state index in [1.165, 1.54) is 0 Å². The number of hydrogen-bond acceptors (Lipinski definition) is 3. The standard InChI is InChI=1S/C19H22BrNO3/c1-12(2)24-17-10-7-15(11-18(17)23-4)19(22)21-13(3)14-5-8-16(20)9-6-14/h5-13H,1-4H3,(H,21,22)/t13-/m1/s1. The molecule has 1 amide bonds. The number of halogens is 1. The van der Waals surface area contributed by atoms with Gasteiger partial charge in [0.2, 0.25) is 0 Å². The molecule has 2 aromatic rings. The molecule has 0 aliphatic rings. The van der Waals surface area contributed by atoms with Crippen LogP contribution in [-0.4, -0.2) is 19.1 Å². The molecule has 1 N–H and O–H groups in total. The molecule has 2 rings (SSSR count). The Morgan fingerprint density at radius 3 is 2.29 bits per heavy atom. The highest BCUT2D eigenvalue weighted by Crippen LogP contribution is 2.29. The van der Waals surface area contributed by atoms with Crippen LogP contribution in [0.1, 0.15) is 42.7 Å². The Morgan fingerprint density at radius 1 is 1.04 bits per heavy atom. The predicted molar refractivity (Wildman–Crippen MR) is 98.8 cm³/mol. The summed E-state index contributed by atoms with van der Waals surface area (Å²) in [4.78, 5) is 12.5. The van der Waals surface area contributed by atoms with Crippen LogP contribution in [0.3, 0.4) is 0 Å². The van der Waals surface area contributed by atoms with E-state index in [0.717, 1.165) is 10.0 Å². The van der Waals surface area contributed by atoms with E-state index in [9.17, 15) is 4.79 Å². The Morgan fingerprint density at radius 2 is 1.71 bits per heavy atom. The highest BCUT2D eigenvalue weighted by molar-refractivity contribution is 9.10. The number of ether oxygens (including phenoxy) is 2. The van der Waals surface area contributed by atoms with Gasteiger partial charge in [-0.2, -0.15) is 0 Å². The van der Waals surface area contributed by atoms with Gasteiger partial charge in [-0.05, 0) is 56.7 Å². The number of carbonyl (C=O) groups excluding carboxylic acids is 1. The van der Waals surface area contributed by atoms with Crippen molar-refractivity contribution in [3.05, 3.63) is 58.1 Å². The first-order valence-corrected chi connectivity index (χ1v) is 8.61. The van der Waals surface area contributed by atoms with Crippen molar-refractivity contribution in [1.29, 1.82) is 0 Å². The maximum atomic E-state index is 12.5. The number of rotatable bonds is 6. The zero-order valence-electron chi connectivity index (χ0n) is 14.3. The average molecular weight is 392 g/mol. The van der Waals surface area contributed by atoms with Crippen molar-refractivity contribution >= 4 is 21.8 Å². The Hall–Kier alpha value is -2.01. The minimum absolute atomic E-state index is 0.0380.